The molecule has 0 unspecified atom stereocenters. The van der Waals surface area contributed by atoms with E-state index in [0.717, 1.165) is 22.8 Å². The van der Waals surface area contributed by atoms with Gasteiger partial charge in [0.05, 0.1) is 17.6 Å². The molecule has 3 nitrogen and oxygen atoms in total. The average Bonchev–Trinajstić information content (AvgIpc) is 3.05. The van der Waals surface area contributed by atoms with Crippen molar-refractivity contribution in [3.8, 4) is 0 Å². The number of aryl methyl sites for hydroxylation is 2. The van der Waals surface area contributed by atoms with E-state index in [0.29, 0.717) is 24.4 Å². The third kappa shape index (κ3) is 2.94. The topological polar surface area (TPSA) is 30.7 Å². The van der Waals surface area contributed by atoms with Crippen LogP contribution in [0.2, 0.25) is 0 Å². The summed E-state index contributed by atoms with van der Waals surface area (Å²) in [6.45, 7) is 2.77. The maximum Gasteiger partial charge on any atom is 0.125 e. The van der Waals surface area contributed by atoms with Gasteiger partial charge in [0.15, 0.2) is 0 Å². The van der Waals surface area contributed by atoms with Gasteiger partial charge in [-0.05, 0) is 18.6 Å². The van der Waals surface area contributed by atoms with E-state index >= 15 is 0 Å². The van der Waals surface area contributed by atoms with Gasteiger partial charge in [0, 0.05) is 29.4 Å². The fourth-order valence-electron chi connectivity index (χ4n) is 2.32. The van der Waals surface area contributed by atoms with Gasteiger partial charge in [0.25, 0.3) is 0 Å². The Kier molecular flexibility index (Phi) is 4.22. The first-order chi connectivity index (χ1) is 10.2. The van der Waals surface area contributed by atoms with Crippen molar-refractivity contribution >= 4 is 34.0 Å². The molecule has 0 amide bonds. The Hall–Kier alpha value is -1.46. The molecule has 1 aromatic carbocycles. The first-order valence-electron chi connectivity index (χ1n) is 6.85. The number of nitrogens with zero attached hydrogens (tertiary/aromatic N) is 3. The van der Waals surface area contributed by atoms with Gasteiger partial charge in [-0.2, -0.15) is 0 Å². The van der Waals surface area contributed by atoms with Gasteiger partial charge in [-0.15, -0.1) is 22.9 Å². The molecule has 0 saturated carbocycles. The summed E-state index contributed by atoms with van der Waals surface area (Å²) >= 11 is 7.56. The van der Waals surface area contributed by atoms with E-state index in [1.54, 1.807) is 17.4 Å². The van der Waals surface area contributed by atoms with Gasteiger partial charge in [-0.3, -0.25) is 0 Å². The fourth-order valence-corrected chi connectivity index (χ4v) is 3.34. The third-order valence-corrected chi connectivity index (χ3v) is 4.67. The van der Waals surface area contributed by atoms with Crippen molar-refractivity contribution in [3.63, 3.8) is 0 Å². The summed E-state index contributed by atoms with van der Waals surface area (Å²) in [6.07, 6.45) is 3.56. The molecule has 0 fully saturated rings. The van der Waals surface area contributed by atoms with Crippen LogP contribution in [-0.4, -0.2) is 20.4 Å². The van der Waals surface area contributed by atoms with Gasteiger partial charge in [-0.1, -0.05) is 6.92 Å². The standard InChI is InChI=1S/C15H15ClFN3S/c1-2-11-8-18-15(21-11)9-20-13-4-3-10(17)7-12(13)19-14(20)5-6-16/h3-4,7-8H,2,5-6,9H2,1H3. The molecule has 0 aliphatic carbocycles. The Morgan fingerprint density at radius 1 is 1.38 bits per heavy atom. The van der Waals surface area contributed by atoms with Crippen LogP contribution in [-0.2, 0) is 19.4 Å². The molecule has 0 saturated heterocycles. The number of thiazole rings is 1. The molecule has 2 heterocycles. The van der Waals surface area contributed by atoms with Crippen molar-refractivity contribution in [3.05, 3.63) is 45.9 Å². The number of aromatic nitrogens is 3. The van der Waals surface area contributed by atoms with Gasteiger partial charge in [0.2, 0.25) is 0 Å². The lowest BCUT2D eigenvalue weighted by Gasteiger charge is -2.06. The van der Waals surface area contributed by atoms with Crippen LogP contribution in [0, 0.1) is 5.82 Å². The number of fused-ring (bicyclic) bond motifs is 1. The SMILES string of the molecule is CCc1cnc(Cn2c(CCCl)nc3cc(F)ccc32)s1. The van der Waals surface area contributed by atoms with E-state index in [2.05, 4.69) is 21.5 Å². The van der Waals surface area contributed by atoms with Crippen molar-refractivity contribution in [1.82, 2.24) is 14.5 Å². The van der Waals surface area contributed by atoms with Crippen LogP contribution in [0.1, 0.15) is 22.6 Å². The summed E-state index contributed by atoms with van der Waals surface area (Å²) in [6, 6.07) is 4.69. The van der Waals surface area contributed by atoms with Crippen LogP contribution in [0.25, 0.3) is 11.0 Å². The highest BCUT2D eigenvalue weighted by Gasteiger charge is 2.13. The first kappa shape index (κ1) is 14.5. The second-order valence-corrected chi connectivity index (χ2v) is 6.34. The highest BCUT2D eigenvalue weighted by Crippen LogP contribution is 2.22. The second kappa shape index (κ2) is 6.12. The van der Waals surface area contributed by atoms with Gasteiger partial charge in [0.1, 0.15) is 16.6 Å². The van der Waals surface area contributed by atoms with Crippen molar-refractivity contribution < 1.29 is 4.39 Å². The molecule has 6 heteroatoms. The molecule has 0 aliphatic heterocycles. The maximum absolute atomic E-state index is 13.4. The highest BCUT2D eigenvalue weighted by atomic mass is 35.5. The van der Waals surface area contributed by atoms with Crippen molar-refractivity contribution in [2.75, 3.05) is 5.88 Å². The van der Waals surface area contributed by atoms with Crippen LogP contribution in [0.5, 0.6) is 0 Å². The zero-order valence-corrected chi connectivity index (χ0v) is 13.2. The molecular weight excluding hydrogens is 309 g/mol. The number of imidazole rings is 1. The normalized spacial score (nSPS) is 11.4. The molecule has 3 aromatic rings. The van der Waals surface area contributed by atoms with Crippen molar-refractivity contribution in [2.24, 2.45) is 0 Å². The molecule has 0 radical (unpaired) electrons. The summed E-state index contributed by atoms with van der Waals surface area (Å²) < 4.78 is 15.4. The summed E-state index contributed by atoms with van der Waals surface area (Å²) in [7, 11) is 0. The van der Waals surface area contributed by atoms with E-state index in [9.17, 15) is 4.39 Å². The first-order valence-corrected chi connectivity index (χ1v) is 8.20. The number of benzene rings is 1. The number of alkyl halides is 1. The highest BCUT2D eigenvalue weighted by molar-refractivity contribution is 7.11. The van der Waals surface area contributed by atoms with E-state index in [1.165, 1.54) is 17.0 Å². The zero-order valence-electron chi connectivity index (χ0n) is 11.6. The van der Waals surface area contributed by atoms with Gasteiger partial charge >= 0.3 is 0 Å². The smallest absolute Gasteiger partial charge is 0.125 e. The summed E-state index contributed by atoms with van der Waals surface area (Å²) in [5.74, 6) is 1.09. The monoisotopic (exact) mass is 323 g/mol. The number of halogens is 2. The summed E-state index contributed by atoms with van der Waals surface area (Å²) in [5, 5.41) is 1.03. The molecule has 0 bridgehead atoms. The van der Waals surface area contributed by atoms with Crippen LogP contribution in [0.3, 0.4) is 0 Å². The quantitative estimate of drug-likeness (QED) is 0.664. The predicted octanol–water partition coefficient (Wildman–Crippen LogP) is 4.02. The largest absolute Gasteiger partial charge is 0.321 e. The number of hydrogen-bond acceptors (Lipinski definition) is 3. The minimum absolute atomic E-state index is 0.271. The van der Waals surface area contributed by atoms with E-state index in [-0.39, 0.29) is 5.82 Å². The number of hydrogen-bond donors (Lipinski definition) is 0. The van der Waals surface area contributed by atoms with E-state index in [4.69, 9.17) is 11.6 Å². The van der Waals surface area contributed by atoms with Crippen molar-refractivity contribution in [1.29, 1.82) is 0 Å². The van der Waals surface area contributed by atoms with Gasteiger partial charge < -0.3 is 4.57 Å². The van der Waals surface area contributed by atoms with Crippen LogP contribution in [0.4, 0.5) is 4.39 Å². The minimum Gasteiger partial charge on any atom is -0.321 e. The fraction of sp³-hybridized carbons (Fsp3) is 0.333. The lowest BCUT2D eigenvalue weighted by atomic mass is 10.3. The minimum atomic E-state index is -0.271. The predicted molar refractivity (Wildman–Crippen MR) is 84.7 cm³/mol. The van der Waals surface area contributed by atoms with E-state index in [1.807, 2.05) is 6.20 Å². The second-order valence-electron chi connectivity index (χ2n) is 4.76. The van der Waals surface area contributed by atoms with E-state index < -0.39 is 0 Å². The zero-order chi connectivity index (χ0) is 14.8. The molecule has 0 aliphatic rings. The molecular formula is C15H15ClFN3S. The van der Waals surface area contributed by atoms with Crippen LogP contribution >= 0.6 is 22.9 Å². The lowest BCUT2D eigenvalue weighted by Crippen LogP contribution is -2.05. The molecule has 0 spiro atoms. The molecule has 110 valence electrons. The Balaban J connectivity index is 2.03. The van der Waals surface area contributed by atoms with Gasteiger partial charge in [-0.25, -0.2) is 14.4 Å². The average molecular weight is 324 g/mol. The molecule has 2 aromatic heterocycles. The lowest BCUT2D eigenvalue weighted by molar-refractivity contribution is 0.629. The van der Waals surface area contributed by atoms with Crippen molar-refractivity contribution in [2.45, 2.75) is 26.3 Å². The molecule has 21 heavy (non-hydrogen) atoms. The molecule has 0 atom stereocenters. The Morgan fingerprint density at radius 2 is 2.24 bits per heavy atom. The van der Waals surface area contributed by atoms with Crippen LogP contribution < -0.4 is 0 Å². The third-order valence-electron chi connectivity index (χ3n) is 3.35. The summed E-state index contributed by atoms with van der Waals surface area (Å²) in [5.41, 5.74) is 1.59. The summed E-state index contributed by atoms with van der Waals surface area (Å²) in [4.78, 5) is 10.2. The maximum atomic E-state index is 13.4. The molecule has 3 rings (SSSR count). The number of rotatable bonds is 5. The Morgan fingerprint density at radius 3 is 2.95 bits per heavy atom. The Bertz CT molecular complexity index is 765. The molecule has 0 N–H and O–H groups in total. The van der Waals surface area contributed by atoms with Crippen LogP contribution in [0.15, 0.2) is 24.4 Å². The Labute approximate surface area is 131 Å².